The first kappa shape index (κ1) is 8.26. The van der Waals surface area contributed by atoms with Crippen molar-refractivity contribution in [1.82, 2.24) is 4.98 Å². The van der Waals surface area contributed by atoms with Gasteiger partial charge in [-0.05, 0) is 29.4 Å². The van der Waals surface area contributed by atoms with Gasteiger partial charge in [0.2, 0.25) is 0 Å². The molecule has 3 heteroatoms. The molecular formula is C11H9NOS. The monoisotopic (exact) mass is 203 g/mol. The predicted octanol–water partition coefficient (Wildman–Crippen LogP) is 2.00. The van der Waals surface area contributed by atoms with E-state index in [-0.39, 0.29) is 0 Å². The molecule has 0 saturated carbocycles. The van der Waals surface area contributed by atoms with E-state index >= 15 is 0 Å². The number of nitrogens with zero attached hydrogens (tertiary/aromatic N) is 1. The van der Waals surface area contributed by atoms with E-state index in [9.17, 15) is 4.55 Å². The molecule has 0 N–H and O–H groups in total. The quantitative estimate of drug-likeness (QED) is 0.614. The van der Waals surface area contributed by atoms with Crippen LogP contribution < -0.4 is 0 Å². The highest BCUT2D eigenvalue weighted by molar-refractivity contribution is 7.90. The molecule has 1 aliphatic rings. The lowest BCUT2D eigenvalue weighted by molar-refractivity contribution is 0.597. The Hall–Kier alpha value is -1.06. The van der Waals surface area contributed by atoms with Gasteiger partial charge in [0.05, 0.1) is 5.52 Å². The van der Waals surface area contributed by atoms with E-state index in [1.165, 1.54) is 11.1 Å². The van der Waals surface area contributed by atoms with Crippen molar-refractivity contribution in [2.45, 2.75) is 11.5 Å². The second-order valence-electron chi connectivity index (χ2n) is 3.55. The standard InChI is InChI=1S/C11H9NOS/c13-14-6-9-4-8-2-1-3-12-11(8)5-10(9)7-14/h1-5H,6-7H2. The minimum Gasteiger partial charge on any atom is -0.616 e. The fourth-order valence-corrected chi connectivity index (χ4v) is 3.21. The molecular weight excluding hydrogens is 194 g/mol. The van der Waals surface area contributed by atoms with Gasteiger partial charge in [0.1, 0.15) is 11.5 Å². The average Bonchev–Trinajstić information content (AvgIpc) is 2.53. The van der Waals surface area contributed by atoms with Crippen LogP contribution in [-0.4, -0.2) is 9.54 Å². The van der Waals surface area contributed by atoms with Gasteiger partial charge in [-0.25, -0.2) is 0 Å². The largest absolute Gasteiger partial charge is 0.616 e. The molecule has 14 heavy (non-hydrogen) atoms. The van der Waals surface area contributed by atoms with Gasteiger partial charge >= 0.3 is 0 Å². The highest BCUT2D eigenvalue weighted by Gasteiger charge is 2.22. The molecule has 0 amide bonds. The summed E-state index contributed by atoms with van der Waals surface area (Å²) in [6, 6.07) is 8.16. The van der Waals surface area contributed by atoms with Crippen LogP contribution in [0.4, 0.5) is 0 Å². The van der Waals surface area contributed by atoms with Gasteiger partial charge in [0.15, 0.2) is 0 Å². The van der Waals surface area contributed by atoms with Crippen molar-refractivity contribution in [3.63, 3.8) is 0 Å². The fraction of sp³-hybridized carbons (Fsp3) is 0.182. The minimum atomic E-state index is -0.695. The van der Waals surface area contributed by atoms with Crippen molar-refractivity contribution in [1.29, 1.82) is 0 Å². The van der Waals surface area contributed by atoms with E-state index in [1.807, 2.05) is 12.1 Å². The Morgan fingerprint density at radius 2 is 2.00 bits per heavy atom. The van der Waals surface area contributed by atoms with E-state index in [1.54, 1.807) is 6.20 Å². The fourth-order valence-electron chi connectivity index (χ4n) is 1.88. The van der Waals surface area contributed by atoms with Gasteiger partial charge in [0, 0.05) is 22.7 Å². The van der Waals surface area contributed by atoms with Crippen LogP contribution in [0.5, 0.6) is 0 Å². The molecule has 2 nitrogen and oxygen atoms in total. The maximum Gasteiger partial charge on any atom is 0.131 e. The summed E-state index contributed by atoms with van der Waals surface area (Å²) in [4.78, 5) is 4.28. The third-order valence-electron chi connectivity index (χ3n) is 2.56. The number of aromatic nitrogens is 1. The Balaban J connectivity index is 2.27. The zero-order chi connectivity index (χ0) is 9.54. The maximum atomic E-state index is 11.4. The molecule has 0 spiro atoms. The number of benzene rings is 1. The highest BCUT2D eigenvalue weighted by Crippen LogP contribution is 2.28. The first-order chi connectivity index (χ1) is 6.83. The van der Waals surface area contributed by atoms with Crippen LogP contribution in [0.25, 0.3) is 10.9 Å². The smallest absolute Gasteiger partial charge is 0.131 e. The van der Waals surface area contributed by atoms with Gasteiger partial charge in [0.25, 0.3) is 0 Å². The molecule has 1 aliphatic heterocycles. The lowest BCUT2D eigenvalue weighted by atomic mass is 10.1. The van der Waals surface area contributed by atoms with Gasteiger partial charge in [-0.3, -0.25) is 4.98 Å². The summed E-state index contributed by atoms with van der Waals surface area (Å²) >= 11 is -0.695. The van der Waals surface area contributed by atoms with Crippen LogP contribution in [-0.2, 0) is 22.7 Å². The lowest BCUT2D eigenvalue weighted by Crippen LogP contribution is -1.95. The van der Waals surface area contributed by atoms with Crippen LogP contribution in [0.2, 0.25) is 0 Å². The van der Waals surface area contributed by atoms with Gasteiger partial charge in [-0.2, -0.15) is 0 Å². The van der Waals surface area contributed by atoms with Crippen LogP contribution in [0.1, 0.15) is 11.1 Å². The first-order valence-electron chi connectivity index (χ1n) is 4.54. The third-order valence-corrected chi connectivity index (χ3v) is 3.82. The maximum absolute atomic E-state index is 11.4. The second-order valence-corrected chi connectivity index (χ2v) is 5.00. The molecule has 3 rings (SSSR count). The normalized spacial score (nSPS) is 19.9. The molecule has 0 aliphatic carbocycles. The van der Waals surface area contributed by atoms with Crippen LogP contribution in [0, 0.1) is 0 Å². The molecule has 1 unspecified atom stereocenters. The molecule has 0 fully saturated rings. The predicted molar refractivity (Wildman–Crippen MR) is 57.3 cm³/mol. The summed E-state index contributed by atoms with van der Waals surface area (Å²) in [6.07, 6.45) is 1.79. The summed E-state index contributed by atoms with van der Waals surface area (Å²) in [5.41, 5.74) is 3.43. The number of hydrogen-bond acceptors (Lipinski definition) is 2. The van der Waals surface area contributed by atoms with E-state index in [2.05, 4.69) is 17.1 Å². The minimum absolute atomic E-state index is 0.695. The molecule has 1 atom stereocenters. The SMILES string of the molecule is [O-][S+]1Cc2cc3cccnc3cc2C1. The molecule has 0 radical (unpaired) electrons. The topological polar surface area (TPSA) is 36.0 Å². The molecule has 2 heterocycles. The number of hydrogen-bond donors (Lipinski definition) is 0. The van der Waals surface area contributed by atoms with Crippen molar-refractivity contribution in [2.24, 2.45) is 0 Å². The van der Waals surface area contributed by atoms with E-state index in [0.717, 1.165) is 10.9 Å². The van der Waals surface area contributed by atoms with Gasteiger partial charge < -0.3 is 4.55 Å². The number of pyridine rings is 1. The zero-order valence-corrected chi connectivity index (χ0v) is 8.38. The summed E-state index contributed by atoms with van der Waals surface area (Å²) in [6.45, 7) is 0. The third kappa shape index (κ3) is 1.21. The van der Waals surface area contributed by atoms with Crippen LogP contribution in [0.15, 0.2) is 30.5 Å². The van der Waals surface area contributed by atoms with Crippen LogP contribution in [0.3, 0.4) is 0 Å². The summed E-state index contributed by atoms with van der Waals surface area (Å²) in [5, 5.41) is 1.14. The van der Waals surface area contributed by atoms with Crippen molar-refractivity contribution < 1.29 is 4.55 Å². The molecule has 70 valence electrons. The summed E-state index contributed by atoms with van der Waals surface area (Å²) < 4.78 is 11.4. The summed E-state index contributed by atoms with van der Waals surface area (Å²) in [7, 11) is 0. The number of rotatable bonds is 0. The van der Waals surface area contributed by atoms with Crippen molar-refractivity contribution >= 4 is 22.1 Å². The Morgan fingerprint density at radius 3 is 2.86 bits per heavy atom. The van der Waals surface area contributed by atoms with Crippen molar-refractivity contribution in [3.8, 4) is 0 Å². The Kier molecular flexibility index (Phi) is 1.75. The summed E-state index contributed by atoms with van der Waals surface area (Å²) in [5.74, 6) is 1.40. The highest BCUT2D eigenvalue weighted by atomic mass is 32.2. The number of fused-ring (bicyclic) bond motifs is 2. The zero-order valence-electron chi connectivity index (χ0n) is 7.56. The Labute approximate surface area is 85.2 Å². The van der Waals surface area contributed by atoms with Crippen molar-refractivity contribution in [2.75, 3.05) is 0 Å². The van der Waals surface area contributed by atoms with Gasteiger partial charge in [-0.15, -0.1) is 0 Å². The molecule has 1 aromatic carbocycles. The molecule has 1 aromatic heterocycles. The van der Waals surface area contributed by atoms with E-state index < -0.39 is 11.2 Å². The molecule has 0 bridgehead atoms. The Bertz CT molecular complexity index is 453. The van der Waals surface area contributed by atoms with Gasteiger partial charge in [-0.1, -0.05) is 6.07 Å². The molecule has 2 aromatic rings. The van der Waals surface area contributed by atoms with Crippen molar-refractivity contribution in [3.05, 3.63) is 41.6 Å². The second kappa shape index (κ2) is 2.97. The van der Waals surface area contributed by atoms with E-state index in [4.69, 9.17) is 0 Å². The lowest BCUT2D eigenvalue weighted by Gasteiger charge is -1.98. The average molecular weight is 203 g/mol. The Morgan fingerprint density at radius 1 is 1.21 bits per heavy atom. The molecule has 0 saturated heterocycles. The first-order valence-corrected chi connectivity index (χ1v) is 6.03. The van der Waals surface area contributed by atoms with Crippen LogP contribution >= 0.6 is 0 Å². The van der Waals surface area contributed by atoms with E-state index in [0.29, 0.717) is 11.5 Å².